The average Bonchev–Trinajstić information content (AvgIpc) is 2.69. The van der Waals surface area contributed by atoms with Gasteiger partial charge in [0, 0.05) is 22.0 Å². The maximum atomic E-state index is 13.0. The lowest BCUT2D eigenvalue weighted by Gasteiger charge is -2.29. The third-order valence-electron chi connectivity index (χ3n) is 4.20. The molecule has 1 unspecified atom stereocenters. The molecule has 2 aromatic rings. The molecule has 0 saturated carbocycles. The van der Waals surface area contributed by atoms with E-state index < -0.39 is 6.04 Å². The largest absolute Gasteiger partial charge is 0.482 e. The van der Waals surface area contributed by atoms with Crippen molar-refractivity contribution in [1.82, 2.24) is 10.2 Å². The van der Waals surface area contributed by atoms with E-state index in [1.165, 1.54) is 4.90 Å². The van der Waals surface area contributed by atoms with E-state index in [2.05, 4.69) is 37.2 Å². The van der Waals surface area contributed by atoms with Gasteiger partial charge in [-0.1, -0.05) is 62.5 Å². The second kappa shape index (κ2) is 11.6. The number of hydrogen-bond acceptors (Lipinski definition) is 3. The van der Waals surface area contributed by atoms with Gasteiger partial charge >= 0.3 is 0 Å². The van der Waals surface area contributed by atoms with Crippen LogP contribution in [0.5, 0.6) is 5.75 Å². The smallest absolute Gasteiger partial charge is 0.261 e. The Morgan fingerprint density at radius 1 is 1.17 bits per heavy atom. The van der Waals surface area contributed by atoms with Gasteiger partial charge < -0.3 is 15.0 Å². The van der Waals surface area contributed by atoms with Crippen LogP contribution in [0.15, 0.2) is 51.4 Å². The number of carbonyl (C=O) groups is 2. The van der Waals surface area contributed by atoms with Gasteiger partial charge in [0.15, 0.2) is 6.61 Å². The Hall–Kier alpha value is -1.57. The number of ether oxygens (including phenoxy) is 1. The molecule has 0 fully saturated rings. The van der Waals surface area contributed by atoms with E-state index in [0.717, 1.165) is 20.9 Å². The second-order valence-electron chi connectivity index (χ2n) is 6.48. The first-order valence-corrected chi connectivity index (χ1v) is 11.2. The first kappa shape index (κ1) is 23.7. The van der Waals surface area contributed by atoms with Gasteiger partial charge in [-0.05, 0) is 49.2 Å². The van der Waals surface area contributed by atoms with Crippen molar-refractivity contribution in [2.45, 2.75) is 32.9 Å². The van der Waals surface area contributed by atoms with Crippen molar-refractivity contribution < 1.29 is 14.3 Å². The summed E-state index contributed by atoms with van der Waals surface area (Å²) in [5, 5.41) is 3.25. The lowest BCUT2D eigenvalue weighted by atomic mass is 10.1. The van der Waals surface area contributed by atoms with Gasteiger partial charge in [-0.15, -0.1) is 0 Å². The fourth-order valence-electron chi connectivity index (χ4n) is 2.63. The number of benzene rings is 2. The van der Waals surface area contributed by atoms with Crippen LogP contribution in [-0.4, -0.2) is 35.9 Å². The molecule has 0 bridgehead atoms. The highest BCUT2D eigenvalue weighted by molar-refractivity contribution is 9.10. The number of nitrogens with zero attached hydrogens (tertiary/aromatic N) is 1. The predicted octanol–water partition coefficient (Wildman–Crippen LogP) is 5.19. The third kappa shape index (κ3) is 7.32. The van der Waals surface area contributed by atoms with Crippen LogP contribution in [0.1, 0.15) is 25.8 Å². The molecule has 0 aliphatic rings. The number of amides is 2. The monoisotopic (exact) mass is 544 g/mol. The zero-order valence-electron chi connectivity index (χ0n) is 16.3. The molecule has 0 aromatic heterocycles. The number of halogens is 3. The SMILES string of the molecule is CCCNC(=O)C(C)N(Cc1cccc(Br)c1)C(=O)COc1ccc(Br)cc1Cl. The average molecular weight is 547 g/mol. The van der Waals surface area contributed by atoms with Crippen LogP contribution in [0.2, 0.25) is 5.02 Å². The van der Waals surface area contributed by atoms with Gasteiger partial charge in [-0.2, -0.15) is 0 Å². The normalized spacial score (nSPS) is 11.6. The van der Waals surface area contributed by atoms with Gasteiger partial charge in [-0.3, -0.25) is 9.59 Å². The molecule has 0 saturated heterocycles. The van der Waals surface area contributed by atoms with Crippen molar-refractivity contribution in [2.24, 2.45) is 0 Å². The molecule has 8 heteroatoms. The Morgan fingerprint density at radius 2 is 1.90 bits per heavy atom. The molecule has 2 rings (SSSR count). The Labute approximate surface area is 193 Å². The first-order chi connectivity index (χ1) is 13.8. The first-order valence-electron chi connectivity index (χ1n) is 9.21. The highest BCUT2D eigenvalue weighted by Crippen LogP contribution is 2.27. The van der Waals surface area contributed by atoms with Crippen molar-refractivity contribution in [3.63, 3.8) is 0 Å². The quantitative estimate of drug-likeness (QED) is 0.471. The summed E-state index contributed by atoms with van der Waals surface area (Å²) in [7, 11) is 0. The minimum absolute atomic E-state index is 0.197. The van der Waals surface area contributed by atoms with E-state index >= 15 is 0 Å². The number of carbonyl (C=O) groups excluding carboxylic acids is 2. The summed E-state index contributed by atoms with van der Waals surface area (Å²) in [6, 6.07) is 12.2. The molecule has 0 aliphatic heterocycles. The van der Waals surface area contributed by atoms with Crippen LogP contribution in [-0.2, 0) is 16.1 Å². The van der Waals surface area contributed by atoms with Gasteiger partial charge in [0.1, 0.15) is 11.8 Å². The minimum atomic E-state index is -0.642. The zero-order valence-corrected chi connectivity index (χ0v) is 20.2. The summed E-state index contributed by atoms with van der Waals surface area (Å²) >= 11 is 12.9. The Morgan fingerprint density at radius 3 is 2.55 bits per heavy atom. The molecule has 29 heavy (non-hydrogen) atoms. The van der Waals surface area contributed by atoms with Crippen molar-refractivity contribution in [3.8, 4) is 5.75 Å². The third-order valence-corrected chi connectivity index (χ3v) is 5.49. The van der Waals surface area contributed by atoms with Gasteiger partial charge in [0.25, 0.3) is 5.91 Å². The van der Waals surface area contributed by atoms with E-state index in [1.807, 2.05) is 31.2 Å². The molecule has 5 nitrogen and oxygen atoms in total. The molecule has 2 aromatic carbocycles. The minimum Gasteiger partial charge on any atom is -0.482 e. The number of hydrogen-bond donors (Lipinski definition) is 1. The highest BCUT2D eigenvalue weighted by Gasteiger charge is 2.26. The van der Waals surface area contributed by atoms with Gasteiger partial charge in [0.2, 0.25) is 5.91 Å². The molecule has 156 valence electrons. The molecule has 0 heterocycles. The maximum absolute atomic E-state index is 13.0. The molecule has 2 amide bonds. The Kier molecular flexibility index (Phi) is 9.46. The van der Waals surface area contributed by atoms with Crippen molar-refractivity contribution in [3.05, 3.63) is 62.0 Å². The van der Waals surface area contributed by atoms with Crippen molar-refractivity contribution in [2.75, 3.05) is 13.2 Å². The van der Waals surface area contributed by atoms with E-state index in [-0.39, 0.29) is 25.0 Å². The molecule has 0 aliphatic carbocycles. The Balaban J connectivity index is 2.15. The lowest BCUT2D eigenvalue weighted by molar-refractivity contribution is -0.142. The molecule has 0 radical (unpaired) electrons. The molecule has 1 atom stereocenters. The van der Waals surface area contributed by atoms with Crippen LogP contribution in [0.3, 0.4) is 0 Å². The summed E-state index contributed by atoms with van der Waals surface area (Å²) in [5.41, 5.74) is 0.907. The van der Waals surface area contributed by atoms with E-state index in [4.69, 9.17) is 16.3 Å². The van der Waals surface area contributed by atoms with Crippen LogP contribution in [0.4, 0.5) is 0 Å². The topological polar surface area (TPSA) is 58.6 Å². The van der Waals surface area contributed by atoms with Crippen LogP contribution >= 0.6 is 43.5 Å². The van der Waals surface area contributed by atoms with E-state index in [9.17, 15) is 9.59 Å². The van der Waals surface area contributed by atoms with Crippen LogP contribution in [0.25, 0.3) is 0 Å². The van der Waals surface area contributed by atoms with Crippen molar-refractivity contribution in [1.29, 1.82) is 0 Å². The second-order valence-corrected chi connectivity index (χ2v) is 8.72. The highest BCUT2D eigenvalue weighted by atomic mass is 79.9. The number of nitrogens with one attached hydrogen (secondary N) is 1. The maximum Gasteiger partial charge on any atom is 0.261 e. The van der Waals surface area contributed by atoms with E-state index in [1.54, 1.807) is 25.1 Å². The van der Waals surface area contributed by atoms with Crippen LogP contribution < -0.4 is 10.1 Å². The van der Waals surface area contributed by atoms with Gasteiger partial charge in [-0.25, -0.2) is 0 Å². The lowest BCUT2D eigenvalue weighted by Crippen LogP contribution is -2.49. The fourth-order valence-corrected chi connectivity index (χ4v) is 3.80. The van der Waals surface area contributed by atoms with Crippen LogP contribution in [0, 0.1) is 0 Å². The molecule has 1 N–H and O–H groups in total. The summed E-state index contributed by atoms with van der Waals surface area (Å²) in [4.78, 5) is 27.0. The molecular formula is C21H23Br2ClN2O3. The summed E-state index contributed by atoms with van der Waals surface area (Å²) < 4.78 is 7.35. The Bertz CT molecular complexity index is 864. The molecule has 0 spiro atoms. The summed E-state index contributed by atoms with van der Waals surface area (Å²) in [5.74, 6) is -0.0892. The predicted molar refractivity (Wildman–Crippen MR) is 122 cm³/mol. The number of rotatable bonds is 9. The zero-order chi connectivity index (χ0) is 21.4. The summed E-state index contributed by atoms with van der Waals surface area (Å²) in [6.07, 6.45) is 0.823. The van der Waals surface area contributed by atoms with Crippen molar-refractivity contribution >= 4 is 55.3 Å². The standard InChI is InChI=1S/C21H23Br2ClN2O3/c1-3-9-25-21(28)14(2)26(12-15-5-4-6-16(22)10-15)20(27)13-29-19-8-7-17(23)11-18(19)24/h4-8,10-11,14H,3,9,12-13H2,1-2H3,(H,25,28). The van der Waals surface area contributed by atoms with E-state index in [0.29, 0.717) is 17.3 Å². The summed E-state index contributed by atoms with van der Waals surface area (Å²) in [6.45, 7) is 4.32. The fraction of sp³-hybridized carbons (Fsp3) is 0.333. The van der Waals surface area contributed by atoms with Gasteiger partial charge in [0.05, 0.1) is 5.02 Å². The molecular weight excluding hydrogens is 524 g/mol.